The van der Waals surface area contributed by atoms with Crippen molar-refractivity contribution < 1.29 is 19.5 Å². The fraction of sp³-hybridized carbons (Fsp3) is 0.211. The second-order valence-corrected chi connectivity index (χ2v) is 5.83. The molecule has 1 fully saturated rings. The molecule has 0 aliphatic carbocycles. The Kier molecular flexibility index (Phi) is 4.52. The molecule has 0 spiro atoms. The van der Waals surface area contributed by atoms with Crippen molar-refractivity contribution in [3.05, 3.63) is 59.7 Å². The molecule has 0 bridgehead atoms. The number of nitrogens with zero attached hydrogens (tertiary/aromatic N) is 1. The molecule has 1 unspecified atom stereocenters. The summed E-state index contributed by atoms with van der Waals surface area (Å²) >= 11 is 0. The van der Waals surface area contributed by atoms with Gasteiger partial charge in [-0.05, 0) is 42.3 Å². The number of para-hydroxylation sites is 1. The number of hydrogen-bond acceptors (Lipinski definition) is 4. The Morgan fingerprint density at radius 2 is 1.84 bits per heavy atom. The molecule has 2 N–H and O–H groups in total. The van der Waals surface area contributed by atoms with E-state index in [1.807, 2.05) is 31.2 Å². The summed E-state index contributed by atoms with van der Waals surface area (Å²) in [6.07, 6.45) is 0.885. The highest BCUT2D eigenvalue weighted by Crippen LogP contribution is 2.26. The van der Waals surface area contributed by atoms with Crippen LogP contribution in [0.4, 0.5) is 11.4 Å². The Morgan fingerprint density at radius 1 is 1.16 bits per heavy atom. The van der Waals surface area contributed by atoms with Crippen molar-refractivity contribution in [1.82, 2.24) is 0 Å². The highest BCUT2D eigenvalue weighted by atomic mass is 16.4. The predicted molar refractivity (Wildman–Crippen MR) is 93.7 cm³/mol. The lowest BCUT2D eigenvalue weighted by atomic mass is 10.1. The minimum Gasteiger partial charge on any atom is -0.478 e. The summed E-state index contributed by atoms with van der Waals surface area (Å²) in [5.41, 5.74) is 2.41. The maximum atomic E-state index is 12.7. The zero-order chi connectivity index (χ0) is 18.0. The zero-order valence-corrected chi connectivity index (χ0v) is 13.7. The Labute approximate surface area is 145 Å². The standard InChI is InChI=1S/C19H18N2O4/c1-2-12-5-3-4-6-15(12)20-16-11-17(22)21(18(16)23)14-9-7-13(8-10-14)19(24)25/h3-10,16,20H,2,11H2,1H3,(H,24,25). The fourth-order valence-electron chi connectivity index (χ4n) is 2.93. The van der Waals surface area contributed by atoms with E-state index in [2.05, 4.69) is 5.32 Å². The quantitative estimate of drug-likeness (QED) is 0.819. The average Bonchev–Trinajstić information content (AvgIpc) is 2.89. The van der Waals surface area contributed by atoms with Crippen LogP contribution in [-0.2, 0) is 16.0 Å². The first kappa shape index (κ1) is 16.7. The molecule has 25 heavy (non-hydrogen) atoms. The number of rotatable bonds is 5. The van der Waals surface area contributed by atoms with E-state index in [0.29, 0.717) is 5.69 Å². The highest BCUT2D eigenvalue weighted by Gasteiger charge is 2.39. The minimum atomic E-state index is -1.05. The van der Waals surface area contributed by atoms with Gasteiger partial charge in [-0.25, -0.2) is 9.69 Å². The van der Waals surface area contributed by atoms with Gasteiger partial charge in [-0.1, -0.05) is 25.1 Å². The van der Waals surface area contributed by atoms with Gasteiger partial charge in [0.15, 0.2) is 0 Å². The van der Waals surface area contributed by atoms with Gasteiger partial charge in [0.25, 0.3) is 5.91 Å². The number of aromatic carboxylic acids is 1. The van der Waals surface area contributed by atoms with Crippen molar-refractivity contribution in [3.63, 3.8) is 0 Å². The van der Waals surface area contributed by atoms with E-state index in [1.165, 1.54) is 24.3 Å². The van der Waals surface area contributed by atoms with E-state index >= 15 is 0 Å². The van der Waals surface area contributed by atoms with Crippen molar-refractivity contribution in [3.8, 4) is 0 Å². The number of aryl methyl sites for hydroxylation is 1. The van der Waals surface area contributed by atoms with Gasteiger partial charge < -0.3 is 10.4 Å². The molecular weight excluding hydrogens is 320 g/mol. The molecule has 3 rings (SSSR count). The Morgan fingerprint density at radius 3 is 2.48 bits per heavy atom. The van der Waals surface area contributed by atoms with E-state index in [9.17, 15) is 14.4 Å². The second kappa shape index (κ2) is 6.76. The number of nitrogens with one attached hydrogen (secondary N) is 1. The van der Waals surface area contributed by atoms with Crippen LogP contribution >= 0.6 is 0 Å². The molecule has 0 radical (unpaired) electrons. The molecule has 2 amide bonds. The predicted octanol–water partition coefficient (Wildman–Crippen LogP) is 2.69. The smallest absolute Gasteiger partial charge is 0.335 e. The van der Waals surface area contributed by atoms with Gasteiger partial charge in [-0.3, -0.25) is 9.59 Å². The molecule has 128 valence electrons. The Hall–Kier alpha value is -3.15. The van der Waals surface area contributed by atoms with Gasteiger partial charge >= 0.3 is 5.97 Å². The Bertz CT molecular complexity index is 830. The van der Waals surface area contributed by atoms with Gasteiger partial charge in [0.05, 0.1) is 17.7 Å². The van der Waals surface area contributed by atoms with Gasteiger partial charge in [0.1, 0.15) is 6.04 Å². The molecule has 1 saturated heterocycles. The molecule has 1 atom stereocenters. The summed E-state index contributed by atoms with van der Waals surface area (Å²) < 4.78 is 0. The first-order valence-corrected chi connectivity index (χ1v) is 8.06. The van der Waals surface area contributed by atoms with Gasteiger partial charge in [0, 0.05) is 5.69 Å². The molecule has 2 aromatic carbocycles. The Balaban J connectivity index is 1.81. The van der Waals surface area contributed by atoms with Crippen molar-refractivity contribution in [1.29, 1.82) is 0 Å². The zero-order valence-electron chi connectivity index (χ0n) is 13.7. The molecular formula is C19H18N2O4. The number of benzene rings is 2. The second-order valence-electron chi connectivity index (χ2n) is 5.83. The number of anilines is 2. The topological polar surface area (TPSA) is 86.7 Å². The number of imide groups is 1. The van der Waals surface area contributed by atoms with Gasteiger partial charge in [-0.2, -0.15) is 0 Å². The lowest BCUT2D eigenvalue weighted by molar-refractivity contribution is -0.121. The van der Waals surface area contributed by atoms with E-state index in [1.54, 1.807) is 0 Å². The number of carbonyl (C=O) groups is 3. The first-order valence-electron chi connectivity index (χ1n) is 8.06. The molecule has 6 nitrogen and oxygen atoms in total. The third-order valence-electron chi connectivity index (χ3n) is 4.25. The van der Waals surface area contributed by atoms with Crippen LogP contribution in [0, 0.1) is 0 Å². The molecule has 2 aromatic rings. The van der Waals surface area contributed by atoms with E-state index in [-0.39, 0.29) is 23.8 Å². The molecule has 0 saturated carbocycles. The highest BCUT2D eigenvalue weighted by molar-refractivity contribution is 6.23. The van der Waals surface area contributed by atoms with Crippen molar-refractivity contribution in [2.24, 2.45) is 0 Å². The number of amides is 2. The molecule has 1 heterocycles. The summed E-state index contributed by atoms with van der Waals surface area (Å²) in [6, 6.07) is 12.8. The summed E-state index contributed by atoms with van der Waals surface area (Å²) in [7, 11) is 0. The molecule has 1 aliphatic heterocycles. The molecule has 1 aliphatic rings. The number of carboxylic acid groups (broad SMARTS) is 1. The van der Waals surface area contributed by atoms with Crippen molar-refractivity contribution in [2.75, 3.05) is 10.2 Å². The third-order valence-corrected chi connectivity index (χ3v) is 4.25. The summed E-state index contributed by atoms with van der Waals surface area (Å²) in [4.78, 5) is 37.0. The average molecular weight is 338 g/mol. The van der Waals surface area contributed by atoms with Crippen LogP contribution in [-0.4, -0.2) is 28.9 Å². The molecule has 0 aromatic heterocycles. The van der Waals surface area contributed by atoms with Crippen LogP contribution in [0.1, 0.15) is 29.3 Å². The lowest BCUT2D eigenvalue weighted by Crippen LogP contribution is -2.35. The van der Waals surface area contributed by atoms with Crippen LogP contribution in [0.15, 0.2) is 48.5 Å². The normalized spacial score (nSPS) is 17.0. The molecule has 6 heteroatoms. The SMILES string of the molecule is CCc1ccccc1NC1CC(=O)N(c2ccc(C(=O)O)cc2)C1=O. The monoisotopic (exact) mass is 338 g/mol. The largest absolute Gasteiger partial charge is 0.478 e. The van der Waals surface area contributed by atoms with Crippen molar-refractivity contribution >= 4 is 29.2 Å². The fourth-order valence-corrected chi connectivity index (χ4v) is 2.93. The van der Waals surface area contributed by atoms with Crippen LogP contribution in [0.3, 0.4) is 0 Å². The van der Waals surface area contributed by atoms with E-state index in [4.69, 9.17) is 5.11 Å². The van der Waals surface area contributed by atoms with Crippen LogP contribution < -0.4 is 10.2 Å². The van der Waals surface area contributed by atoms with Crippen LogP contribution in [0.2, 0.25) is 0 Å². The summed E-state index contributed by atoms with van der Waals surface area (Å²) in [6.45, 7) is 2.03. The van der Waals surface area contributed by atoms with Gasteiger partial charge in [-0.15, -0.1) is 0 Å². The minimum absolute atomic E-state index is 0.0670. The third kappa shape index (κ3) is 3.24. The van der Waals surface area contributed by atoms with Gasteiger partial charge in [0.2, 0.25) is 5.91 Å². The summed E-state index contributed by atoms with van der Waals surface area (Å²) in [5, 5.41) is 12.1. The lowest BCUT2D eigenvalue weighted by Gasteiger charge is -2.17. The summed E-state index contributed by atoms with van der Waals surface area (Å²) in [5.74, 6) is -1.69. The number of hydrogen-bond donors (Lipinski definition) is 2. The number of carboxylic acids is 1. The maximum Gasteiger partial charge on any atom is 0.335 e. The van der Waals surface area contributed by atoms with Crippen LogP contribution in [0.25, 0.3) is 0 Å². The van der Waals surface area contributed by atoms with Crippen molar-refractivity contribution in [2.45, 2.75) is 25.8 Å². The maximum absolute atomic E-state index is 12.7. The first-order chi connectivity index (χ1) is 12.0. The van der Waals surface area contributed by atoms with Crippen LogP contribution in [0.5, 0.6) is 0 Å². The van der Waals surface area contributed by atoms with E-state index in [0.717, 1.165) is 22.6 Å². The number of carbonyl (C=O) groups excluding carboxylic acids is 2. The van der Waals surface area contributed by atoms with E-state index < -0.39 is 12.0 Å².